The zero-order chi connectivity index (χ0) is 10.8. The summed E-state index contributed by atoms with van der Waals surface area (Å²) in [5, 5.41) is 0. The summed E-state index contributed by atoms with van der Waals surface area (Å²) in [7, 11) is 0. The van der Waals surface area contributed by atoms with Crippen LogP contribution in [0.1, 0.15) is 59.3 Å². The van der Waals surface area contributed by atoms with Crippen molar-refractivity contribution in [1.29, 1.82) is 0 Å². The first-order valence-corrected chi connectivity index (χ1v) is 5.69. The van der Waals surface area contributed by atoms with Crippen molar-refractivity contribution in [3.63, 3.8) is 0 Å². The van der Waals surface area contributed by atoms with Crippen LogP contribution in [0, 0.1) is 5.92 Å². The van der Waals surface area contributed by atoms with Gasteiger partial charge in [-0.2, -0.15) is 0 Å². The van der Waals surface area contributed by atoms with Crippen LogP contribution in [-0.4, -0.2) is 5.78 Å². The van der Waals surface area contributed by atoms with Crippen LogP contribution in [0.3, 0.4) is 0 Å². The molecule has 0 heterocycles. The molecule has 0 rings (SSSR count). The lowest BCUT2D eigenvalue weighted by Gasteiger charge is -1.97. The fourth-order valence-corrected chi connectivity index (χ4v) is 1.22. The Hall–Kier alpha value is -0.590. The third kappa shape index (κ3) is 8.03. The highest BCUT2D eigenvalue weighted by Crippen LogP contribution is 2.06. The van der Waals surface area contributed by atoms with E-state index < -0.39 is 0 Å². The highest BCUT2D eigenvalue weighted by atomic mass is 16.1. The van der Waals surface area contributed by atoms with Gasteiger partial charge in [0, 0.05) is 5.92 Å². The molecule has 0 aliphatic heterocycles. The molecule has 14 heavy (non-hydrogen) atoms. The first-order chi connectivity index (χ1) is 6.68. The van der Waals surface area contributed by atoms with Crippen LogP contribution in [0.25, 0.3) is 0 Å². The van der Waals surface area contributed by atoms with E-state index in [1.165, 1.54) is 32.1 Å². The summed E-state index contributed by atoms with van der Waals surface area (Å²) in [6.07, 6.45) is 11.2. The maximum absolute atomic E-state index is 11.2. The van der Waals surface area contributed by atoms with Gasteiger partial charge < -0.3 is 0 Å². The van der Waals surface area contributed by atoms with E-state index in [4.69, 9.17) is 0 Å². The summed E-state index contributed by atoms with van der Waals surface area (Å²) in [4.78, 5) is 11.2. The van der Waals surface area contributed by atoms with Gasteiger partial charge in [0.25, 0.3) is 0 Å². The van der Waals surface area contributed by atoms with E-state index in [1.54, 1.807) is 6.08 Å². The maximum atomic E-state index is 11.2. The molecule has 0 aromatic carbocycles. The lowest BCUT2D eigenvalue weighted by atomic mass is 10.1. The highest BCUT2D eigenvalue weighted by Gasteiger charge is 2.01. The van der Waals surface area contributed by atoms with Gasteiger partial charge in [-0.1, -0.05) is 52.5 Å². The normalized spacial score (nSPS) is 11.4. The van der Waals surface area contributed by atoms with Gasteiger partial charge in [0.15, 0.2) is 5.78 Å². The molecule has 0 N–H and O–H groups in total. The lowest BCUT2D eigenvalue weighted by molar-refractivity contribution is -0.112. The summed E-state index contributed by atoms with van der Waals surface area (Å²) in [6.45, 7) is 5.93. The van der Waals surface area contributed by atoms with E-state index in [0.717, 1.165) is 12.3 Å². The Morgan fingerprint density at radius 3 is 2.29 bits per heavy atom. The molecule has 0 saturated carbocycles. The van der Waals surface area contributed by atoms with Gasteiger partial charge in [-0.15, -0.1) is 0 Å². The fourth-order valence-electron chi connectivity index (χ4n) is 1.22. The number of carbonyl (C=O) groups is 1. The molecule has 0 aliphatic carbocycles. The number of carbonyl (C=O) groups excluding carboxylic acids is 1. The van der Waals surface area contributed by atoms with E-state index in [0.29, 0.717) is 0 Å². The van der Waals surface area contributed by atoms with Crippen molar-refractivity contribution in [2.75, 3.05) is 0 Å². The molecule has 0 spiro atoms. The van der Waals surface area contributed by atoms with Crippen LogP contribution < -0.4 is 0 Å². The standard InChI is InChI=1S/C13H23O/c1-4-5-6-7-8-9-10-11-13(14)12(2)3/h10-11H,4-9H2,1-3H3. The Morgan fingerprint density at radius 1 is 1.07 bits per heavy atom. The van der Waals surface area contributed by atoms with Gasteiger partial charge in [0.2, 0.25) is 0 Å². The Bertz CT molecular complexity index is 168. The quantitative estimate of drug-likeness (QED) is 0.421. The van der Waals surface area contributed by atoms with Gasteiger partial charge in [0.1, 0.15) is 0 Å². The Kier molecular flexibility index (Phi) is 8.61. The second kappa shape index (κ2) is 8.98. The minimum Gasteiger partial charge on any atom is -0.294 e. The molecule has 0 aromatic heterocycles. The minimum absolute atomic E-state index is 0.165. The number of ketones is 1. The summed E-state index contributed by atoms with van der Waals surface area (Å²) in [5.74, 6) is 1.03. The number of hydrogen-bond donors (Lipinski definition) is 0. The Morgan fingerprint density at radius 2 is 1.71 bits per heavy atom. The number of allylic oxidation sites excluding steroid dienone is 2. The predicted octanol–water partition coefficient (Wildman–Crippen LogP) is 4.09. The first-order valence-electron chi connectivity index (χ1n) is 5.69. The molecule has 1 heteroatoms. The molecular formula is C13H23O. The zero-order valence-corrected chi connectivity index (χ0v) is 9.81. The third-order valence-corrected chi connectivity index (χ3v) is 2.24. The predicted molar refractivity (Wildman–Crippen MR) is 62.1 cm³/mol. The second-order valence-corrected chi connectivity index (χ2v) is 3.97. The Balaban J connectivity index is 3.31. The summed E-state index contributed by atoms with van der Waals surface area (Å²) < 4.78 is 0. The third-order valence-electron chi connectivity index (χ3n) is 2.24. The topological polar surface area (TPSA) is 17.1 Å². The fraction of sp³-hybridized carbons (Fsp3) is 0.692. The van der Waals surface area contributed by atoms with E-state index in [1.807, 2.05) is 19.9 Å². The summed E-state index contributed by atoms with van der Waals surface area (Å²) in [5.41, 5.74) is 0. The first kappa shape index (κ1) is 13.4. The smallest absolute Gasteiger partial charge is 0.161 e. The average Bonchev–Trinajstić information content (AvgIpc) is 2.16. The van der Waals surface area contributed by atoms with Crippen molar-refractivity contribution in [3.05, 3.63) is 18.1 Å². The Labute approximate surface area is 88.6 Å². The number of unbranched alkanes of at least 4 members (excludes halogenated alkanes) is 5. The van der Waals surface area contributed by atoms with Crippen molar-refractivity contribution < 1.29 is 4.79 Å². The second-order valence-electron chi connectivity index (χ2n) is 3.97. The minimum atomic E-state index is 0.165. The van der Waals surface area contributed by atoms with E-state index in [9.17, 15) is 4.79 Å². The molecule has 0 aromatic rings. The van der Waals surface area contributed by atoms with Crippen LogP contribution in [0.15, 0.2) is 12.2 Å². The van der Waals surface area contributed by atoms with E-state index in [-0.39, 0.29) is 5.78 Å². The van der Waals surface area contributed by atoms with E-state index in [2.05, 4.69) is 6.92 Å². The molecule has 0 amide bonds. The van der Waals surface area contributed by atoms with Crippen molar-refractivity contribution >= 4 is 5.78 Å². The lowest BCUT2D eigenvalue weighted by Crippen LogP contribution is -1.99. The molecule has 1 nitrogen and oxygen atoms in total. The van der Waals surface area contributed by atoms with Gasteiger partial charge in [-0.3, -0.25) is 4.79 Å². The van der Waals surface area contributed by atoms with Gasteiger partial charge >= 0.3 is 0 Å². The van der Waals surface area contributed by atoms with Crippen LogP contribution in [0.4, 0.5) is 0 Å². The summed E-state index contributed by atoms with van der Waals surface area (Å²) in [6, 6.07) is 0. The van der Waals surface area contributed by atoms with Crippen LogP contribution in [0.2, 0.25) is 0 Å². The monoisotopic (exact) mass is 195 g/mol. The molecule has 1 radical (unpaired) electrons. The molecule has 0 atom stereocenters. The van der Waals surface area contributed by atoms with Crippen LogP contribution >= 0.6 is 0 Å². The SMILES string of the molecule is CCCCCCCC=CC(=O)[C](C)C. The largest absolute Gasteiger partial charge is 0.294 e. The van der Waals surface area contributed by atoms with Crippen molar-refractivity contribution in [2.45, 2.75) is 59.3 Å². The van der Waals surface area contributed by atoms with Crippen molar-refractivity contribution in [1.82, 2.24) is 0 Å². The van der Waals surface area contributed by atoms with Gasteiger partial charge in [-0.25, -0.2) is 0 Å². The van der Waals surface area contributed by atoms with Crippen molar-refractivity contribution in [2.24, 2.45) is 0 Å². The molecule has 0 fully saturated rings. The zero-order valence-electron chi connectivity index (χ0n) is 9.81. The van der Waals surface area contributed by atoms with Crippen molar-refractivity contribution in [3.8, 4) is 0 Å². The highest BCUT2D eigenvalue weighted by molar-refractivity contribution is 6.00. The molecule has 0 aliphatic rings. The molecule has 81 valence electrons. The molecule has 0 unspecified atom stereocenters. The number of hydrogen-bond acceptors (Lipinski definition) is 1. The average molecular weight is 195 g/mol. The van der Waals surface area contributed by atoms with Gasteiger partial charge in [-0.05, 0) is 18.9 Å². The van der Waals surface area contributed by atoms with Gasteiger partial charge in [0.05, 0.1) is 0 Å². The van der Waals surface area contributed by atoms with Crippen LogP contribution in [0.5, 0.6) is 0 Å². The van der Waals surface area contributed by atoms with Crippen LogP contribution in [-0.2, 0) is 4.79 Å². The van der Waals surface area contributed by atoms with E-state index >= 15 is 0 Å². The molecule has 0 bridgehead atoms. The number of rotatable bonds is 8. The molecular weight excluding hydrogens is 172 g/mol. The summed E-state index contributed by atoms with van der Waals surface area (Å²) >= 11 is 0. The molecule has 0 saturated heterocycles. The maximum Gasteiger partial charge on any atom is 0.161 e.